The first-order valence-electron chi connectivity index (χ1n) is 8.85. The van der Waals surface area contributed by atoms with Gasteiger partial charge >= 0.3 is 12.0 Å². The van der Waals surface area contributed by atoms with Gasteiger partial charge in [0, 0.05) is 30.5 Å². The second-order valence-electron chi connectivity index (χ2n) is 5.97. The molecule has 2 aromatic carbocycles. The molecule has 0 aromatic heterocycles. The predicted molar refractivity (Wildman–Crippen MR) is 108 cm³/mol. The van der Waals surface area contributed by atoms with Gasteiger partial charge in [-0.05, 0) is 30.3 Å². The molecule has 152 valence electrons. The van der Waals surface area contributed by atoms with Crippen LogP contribution < -0.4 is 21.3 Å². The maximum atomic E-state index is 11.9. The Balaban J connectivity index is 1.65. The van der Waals surface area contributed by atoms with Crippen molar-refractivity contribution in [1.29, 1.82) is 0 Å². The fourth-order valence-corrected chi connectivity index (χ4v) is 2.27. The van der Waals surface area contributed by atoms with Gasteiger partial charge in [-0.3, -0.25) is 14.4 Å². The fraction of sp³-hybridized carbons (Fsp3) is 0.200. The van der Waals surface area contributed by atoms with E-state index in [9.17, 15) is 19.2 Å². The summed E-state index contributed by atoms with van der Waals surface area (Å²) in [5.41, 5.74) is 1.62. The molecule has 0 aliphatic heterocycles. The van der Waals surface area contributed by atoms with Gasteiger partial charge in [-0.15, -0.1) is 0 Å². The highest BCUT2D eigenvalue weighted by atomic mass is 16.5. The van der Waals surface area contributed by atoms with Crippen molar-refractivity contribution in [3.63, 3.8) is 0 Å². The molecule has 29 heavy (non-hydrogen) atoms. The highest BCUT2D eigenvalue weighted by Gasteiger charge is 2.09. The van der Waals surface area contributed by atoms with E-state index < -0.39 is 24.5 Å². The summed E-state index contributed by atoms with van der Waals surface area (Å²) in [7, 11) is 0. The lowest BCUT2D eigenvalue weighted by Gasteiger charge is -2.09. The van der Waals surface area contributed by atoms with E-state index in [2.05, 4.69) is 21.3 Å². The minimum Gasteiger partial charge on any atom is -0.456 e. The van der Waals surface area contributed by atoms with Crippen molar-refractivity contribution in [3.05, 3.63) is 54.6 Å². The molecule has 2 rings (SSSR count). The Morgan fingerprint density at radius 2 is 1.48 bits per heavy atom. The fourth-order valence-electron chi connectivity index (χ4n) is 2.27. The molecule has 0 saturated carbocycles. The van der Waals surface area contributed by atoms with Crippen molar-refractivity contribution in [2.45, 2.75) is 13.3 Å². The first-order chi connectivity index (χ1) is 13.9. The molecule has 4 amide bonds. The Labute approximate surface area is 167 Å². The Morgan fingerprint density at radius 1 is 0.828 bits per heavy atom. The van der Waals surface area contributed by atoms with Crippen molar-refractivity contribution in [2.24, 2.45) is 0 Å². The van der Waals surface area contributed by atoms with Gasteiger partial charge in [-0.2, -0.15) is 0 Å². The third-order valence-corrected chi connectivity index (χ3v) is 3.48. The van der Waals surface area contributed by atoms with E-state index >= 15 is 0 Å². The molecule has 0 aliphatic carbocycles. The van der Waals surface area contributed by atoms with Gasteiger partial charge in [-0.25, -0.2) is 4.79 Å². The van der Waals surface area contributed by atoms with Crippen LogP contribution in [0.3, 0.4) is 0 Å². The topological polar surface area (TPSA) is 126 Å². The number of carbonyl (C=O) groups is 4. The molecule has 0 radical (unpaired) electrons. The van der Waals surface area contributed by atoms with Crippen molar-refractivity contribution in [1.82, 2.24) is 5.32 Å². The lowest BCUT2D eigenvalue weighted by Crippen LogP contribution is -2.31. The van der Waals surface area contributed by atoms with E-state index in [0.717, 1.165) is 0 Å². The zero-order valence-electron chi connectivity index (χ0n) is 15.9. The summed E-state index contributed by atoms with van der Waals surface area (Å²) in [5, 5.41) is 10.3. The summed E-state index contributed by atoms with van der Waals surface area (Å²) >= 11 is 0. The monoisotopic (exact) mass is 398 g/mol. The number of rotatable bonds is 8. The van der Waals surface area contributed by atoms with Crippen LogP contribution >= 0.6 is 0 Å². The van der Waals surface area contributed by atoms with Gasteiger partial charge < -0.3 is 26.0 Å². The van der Waals surface area contributed by atoms with Crippen LogP contribution in [-0.4, -0.2) is 37.0 Å². The van der Waals surface area contributed by atoms with Crippen LogP contribution in [0.15, 0.2) is 54.6 Å². The molecule has 0 saturated heterocycles. The first kappa shape index (κ1) is 21.4. The second kappa shape index (κ2) is 11.1. The van der Waals surface area contributed by atoms with Gasteiger partial charge in [0.25, 0.3) is 5.91 Å². The maximum Gasteiger partial charge on any atom is 0.319 e. The summed E-state index contributed by atoms with van der Waals surface area (Å²) in [6, 6.07) is 15.0. The number of esters is 1. The number of carbonyl (C=O) groups excluding carboxylic acids is 4. The number of para-hydroxylation sites is 1. The van der Waals surface area contributed by atoms with E-state index in [-0.39, 0.29) is 18.9 Å². The summed E-state index contributed by atoms with van der Waals surface area (Å²) in [6.45, 7) is 0.988. The molecule has 0 aliphatic rings. The smallest absolute Gasteiger partial charge is 0.319 e. The van der Waals surface area contributed by atoms with E-state index in [0.29, 0.717) is 17.1 Å². The maximum absolute atomic E-state index is 11.9. The van der Waals surface area contributed by atoms with Crippen LogP contribution in [-0.2, 0) is 19.1 Å². The number of ether oxygens (including phenoxy) is 1. The van der Waals surface area contributed by atoms with Crippen LogP contribution in [0, 0.1) is 0 Å². The van der Waals surface area contributed by atoms with Gasteiger partial charge in [0.2, 0.25) is 5.91 Å². The molecule has 0 heterocycles. The lowest BCUT2D eigenvalue weighted by atomic mass is 10.2. The molecule has 0 unspecified atom stereocenters. The second-order valence-corrected chi connectivity index (χ2v) is 5.97. The molecule has 0 bridgehead atoms. The first-order valence-corrected chi connectivity index (χ1v) is 8.85. The third kappa shape index (κ3) is 8.57. The van der Waals surface area contributed by atoms with Crippen molar-refractivity contribution in [2.75, 3.05) is 29.1 Å². The van der Waals surface area contributed by atoms with Gasteiger partial charge in [0.1, 0.15) is 0 Å². The molecular weight excluding hydrogens is 376 g/mol. The highest BCUT2D eigenvalue weighted by molar-refractivity contribution is 5.94. The molecule has 0 spiro atoms. The summed E-state index contributed by atoms with van der Waals surface area (Å²) in [4.78, 5) is 46.3. The highest BCUT2D eigenvalue weighted by Crippen LogP contribution is 2.14. The number of benzene rings is 2. The van der Waals surface area contributed by atoms with Gasteiger partial charge in [0.05, 0.1) is 6.42 Å². The number of urea groups is 1. The minimum absolute atomic E-state index is 0.0673. The van der Waals surface area contributed by atoms with Crippen LogP contribution in [0.2, 0.25) is 0 Å². The predicted octanol–water partition coefficient (Wildman–Crippen LogP) is 2.34. The Bertz CT molecular complexity index is 870. The summed E-state index contributed by atoms with van der Waals surface area (Å²) < 4.78 is 4.88. The van der Waals surface area contributed by atoms with Crippen LogP contribution in [0.1, 0.15) is 13.3 Å². The quantitative estimate of drug-likeness (QED) is 0.508. The van der Waals surface area contributed by atoms with E-state index in [1.165, 1.54) is 6.92 Å². The molecular formula is C20H22N4O5. The SMILES string of the molecule is CC(=O)Nc1cccc(NC(=O)COC(=O)CCNC(=O)Nc2ccccc2)c1. The summed E-state index contributed by atoms with van der Waals surface area (Å²) in [6.07, 6.45) is -0.0759. The standard InChI is InChI=1S/C20H22N4O5/c1-14(25)22-16-8-5-9-17(12-16)23-18(26)13-29-19(27)10-11-21-20(28)24-15-6-3-2-4-7-15/h2-9,12H,10-11,13H2,1H3,(H,22,25)(H,23,26)(H2,21,24,28). The van der Waals surface area contributed by atoms with E-state index in [4.69, 9.17) is 4.74 Å². The van der Waals surface area contributed by atoms with E-state index in [1.807, 2.05) is 6.07 Å². The van der Waals surface area contributed by atoms with Crippen LogP contribution in [0.25, 0.3) is 0 Å². The number of nitrogens with one attached hydrogen (secondary N) is 4. The summed E-state index contributed by atoms with van der Waals surface area (Å²) in [5.74, 6) is -1.37. The number of anilines is 3. The average Bonchev–Trinajstić information content (AvgIpc) is 2.67. The number of hydrogen-bond donors (Lipinski definition) is 4. The molecule has 0 fully saturated rings. The van der Waals surface area contributed by atoms with Crippen molar-refractivity contribution < 1.29 is 23.9 Å². The van der Waals surface area contributed by atoms with Crippen LogP contribution in [0.5, 0.6) is 0 Å². The van der Waals surface area contributed by atoms with Gasteiger partial charge in [-0.1, -0.05) is 24.3 Å². The zero-order valence-corrected chi connectivity index (χ0v) is 15.9. The number of amides is 4. The average molecular weight is 398 g/mol. The van der Waals surface area contributed by atoms with Crippen molar-refractivity contribution in [3.8, 4) is 0 Å². The molecule has 9 nitrogen and oxygen atoms in total. The Morgan fingerprint density at radius 3 is 2.17 bits per heavy atom. The Kier molecular flexibility index (Phi) is 8.18. The molecule has 2 aromatic rings. The largest absolute Gasteiger partial charge is 0.456 e. The molecule has 0 atom stereocenters. The zero-order chi connectivity index (χ0) is 21.1. The number of hydrogen-bond acceptors (Lipinski definition) is 5. The van der Waals surface area contributed by atoms with Crippen LogP contribution in [0.4, 0.5) is 21.9 Å². The lowest BCUT2D eigenvalue weighted by molar-refractivity contribution is -0.147. The Hall–Kier alpha value is -3.88. The van der Waals surface area contributed by atoms with Gasteiger partial charge in [0.15, 0.2) is 6.61 Å². The molecule has 9 heteroatoms. The third-order valence-electron chi connectivity index (χ3n) is 3.48. The van der Waals surface area contributed by atoms with E-state index in [1.54, 1.807) is 48.5 Å². The normalized spacial score (nSPS) is 9.83. The molecule has 4 N–H and O–H groups in total. The minimum atomic E-state index is -0.618. The van der Waals surface area contributed by atoms with Crippen molar-refractivity contribution >= 4 is 40.9 Å².